The van der Waals surface area contributed by atoms with E-state index in [2.05, 4.69) is 32.4 Å². The number of halogens is 2. The van der Waals surface area contributed by atoms with Crippen LogP contribution in [0.2, 0.25) is 5.02 Å². The number of pyridine rings is 1. The van der Waals surface area contributed by atoms with Crippen molar-refractivity contribution in [3.8, 4) is 17.3 Å². The van der Waals surface area contributed by atoms with Crippen LogP contribution in [0.4, 0.5) is 10.2 Å². The van der Waals surface area contributed by atoms with Crippen LogP contribution in [0.1, 0.15) is 39.0 Å². The molecule has 5 heterocycles. The van der Waals surface area contributed by atoms with Crippen LogP contribution in [0.25, 0.3) is 32.9 Å². The van der Waals surface area contributed by atoms with Gasteiger partial charge in [0.15, 0.2) is 5.82 Å². The Kier molecular flexibility index (Phi) is 6.29. The van der Waals surface area contributed by atoms with E-state index >= 15 is 4.39 Å². The zero-order chi connectivity index (χ0) is 26.6. The van der Waals surface area contributed by atoms with Gasteiger partial charge in [-0.25, -0.2) is 4.39 Å². The number of ether oxygens (including phenoxy) is 1. The Morgan fingerprint density at radius 1 is 1.15 bits per heavy atom. The standard InChI is InChI=1S/C30H32ClFN6O/c1-18-23(10-13-33-18)35-28-21-16-34-26(20-8-2-6-19-7-3-9-22(31)24(19)20)25(32)27(21)36-29(37-28)39-17-30-11-4-14-38(30)15-5-12-30/h2-3,6-9,16,18,23,33H,4-5,10-15,17H2,1H3,(H,35,36,37). The lowest BCUT2D eigenvalue weighted by Gasteiger charge is -2.31. The van der Waals surface area contributed by atoms with Crippen LogP contribution in [0.15, 0.2) is 42.6 Å². The van der Waals surface area contributed by atoms with Crippen LogP contribution in [0, 0.1) is 5.82 Å². The summed E-state index contributed by atoms with van der Waals surface area (Å²) in [5, 5.41) is 9.78. The maximum Gasteiger partial charge on any atom is 0.319 e. The summed E-state index contributed by atoms with van der Waals surface area (Å²) < 4.78 is 22.7. The summed E-state index contributed by atoms with van der Waals surface area (Å²) >= 11 is 6.57. The minimum absolute atomic E-state index is 0.0391. The Balaban J connectivity index is 1.33. The Hall–Kier alpha value is -3.07. The Morgan fingerprint density at radius 3 is 2.72 bits per heavy atom. The summed E-state index contributed by atoms with van der Waals surface area (Å²) in [5.41, 5.74) is 1.08. The fraction of sp³-hybridized carbons (Fsp3) is 0.433. The van der Waals surface area contributed by atoms with Gasteiger partial charge in [0, 0.05) is 34.3 Å². The van der Waals surface area contributed by atoms with Crippen LogP contribution >= 0.6 is 11.6 Å². The van der Waals surface area contributed by atoms with Gasteiger partial charge in [-0.15, -0.1) is 0 Å². The molecule has 3 fully saturated rings. The van der Waals surface area contributed by atoms with Crippen molar-refractivity contribution < 1.29 is 9.13 Å². The second-order valence-electron chi connectivity index (χ2n) is 11.2. The minimum atomic E-state index is -0.505. The van der Waals surface area contributed by atoms with Gasteiger partial charge in [0.2, 0.25) is 0 Å². The maximum absolute atomic E-state index is 16.4. The van der Waals surface area contributed by atoms with E-state index < -0.39 is 5.82 Å². The summed E-state index contributed by atoms with van der Waals surface area (Å²) in [4.78, 5) is 16.5. The molecule has 3 aliphatic heterocycles. The van der Waals surface area contributed by atoms with Gasteiger partial charge < -0.3 is 15.4 Å². The van der Waals surface area contributed by atoms with Crippen molar-refractivity contribution in [2.75, 3.05) is 31.6 Å². The first-order valence-corrected chi connectivity index (χ1v) is 14.3. The zero-order valence-corrected chi connectivity index (χ0v) is 22.8. The first-order chi connectivity index (χ1) is 19.0. The second kappa shape index (κ2) is 9.84. The number of hydrogen-bond acceptors (Lipinski definition) is 7. The molecule has 39 heavy (non-hydrogen) atoms. The van der Waals surface area contributed by atoms with Gasteiger partial charge >= 0.3 is 6.01 Å². The van der Waals surface area contributed by atoms with E-state index in [9.17, 15) is 0 Å². The van der Waals surface area contributed by atoms with Crippen LogP contribution < -0.4 is 15.4 Å². The molecule has 0 aliphatic carbocycles. The fourth-order valence-electron chi connectivity index (χ4n) is 6.78. The molecule has 0 amide bonds. The van der Waals surface area contributed by atoms with E-state index in [1.54, 1.807) is 6.20 Å². The van der Waals surface area contributed by atoms with Crippen molar-refractivity contribution >= 4 is 39.1 Å². The predicted octanol–water partition coefficient (Wildman–Crippen LogP) is 5.81. The van der Waals surface area contributed by atoms with Gasteiger partial charge in [-0.3, -0.25) is 9.88 Å². The molecule has 2 unspecified atom stereocenters. The minimum Gasteiger partial charge on any atom is -0.461 e. The number of nitrogens with one attached hydrogen (secondary N) is 2. The van der Waals surface area contributed by atoms with Crippen LogP contribution in [-0.2, 0) is 0 Å². The quantitative estimate of drug-likeness (QED) is 0.316. The molecule has 7 rings (SSSR count). The van der Waals surface area contributed by atoms with E-state index in [1.807, 2.05) is 36.4 Å². The third-order valence-electron chi connectivity index (χ3n) is 8.90. The molecule has 2 N–H and O–H groups in total. The molecule has 9 heteroatoms. The highest BCUT2D eigenvalue weighted by Crippen LogP contribution is 2.40. The van der Waals surface area contributed by atoms with Crippen LogP contribution in [0.5, 0.6) is 6.01 Å². The topological polar surface area (TPSA) is 75.2 Å². The fourth-order valence-corrected chi connectivity index (χ4v) is 7.07. The van der Waals surface area contributed by atoms with Crippen molar-refractivity contribution in [3.05, 3.63) is 53.4 Å². The molecule has 0 radical (unpaired) electrons. The van der Waals surface area contributed by atoms with E-state index in [-0.39, 0.29) is 34.8 Å². The van der Waals surface area contributed by atoms with E-state index in [0.29, 0.717) is 28.4 Å². The molecule has 0 saturated carbocycles. The average Bonchev–Trinajstić information content (AvgIpc) is 3.64. The normalized spacial score (nSPS) is 22.5. The molecule has 2 aromatic heterocycles. The highest BCUT2D eigenvalue weighted by Gasteiger charge is 2.45. The number of rotatable bonds is 6. The van der Waals surface area contributed by atoms with Gasteiger partial charge in [0.25, 0.3) is 0 Å². The van der Waals surface area contributed by atoms with Crippen molar-refractivity contribution in [1.82, 2.24) is 25.2 Å². The summed E-state index contributed by atoms with van der Waals surface area (Å²) in [6, 6.07) is 12.0. The molecular weight excluding hydrogens is 515 g/mol. The zero-order valence-electron chi connectivity index (χ0n) is 22.0. The summed E-state index contributed by atoms with van der Waals surface area (Å²) in [7, 11) is 0. The van der Waals surface area contributed by atoms with Crippen molar-refractivity contribution in [3.63, 3.8) is 0 Å². The number of nitrogens with zero attached hydrogens (tertiary/aromatic N) is 4. The number of fused-ring (bicyclic) bond motifs is 3. The first kappa shape index (κ1) is 24.9. The lowest BCUT2D eigenvalue weighted by molar-refractivity contribution is 0.108. The van der Waals surface area contributed by atoms with Gasteiger partial charge in [0.05, 0.1) is 10.9 Å². The molecule has 3 aliphatic rings. The number of anilines is 1. The van der Waals surface area contributed by atoms with Gasteiger partial charge in [-0.1, -0.05) is 41.9 Å². The third-order valence-corrected chi connectivity index (χ3v) is 9.22. The molecule has 2 aromatic carbocycles. The van der Waals surface area contributed by atoms with Crippen molar-refractivity contribution in [2.45, 2.75) is 56.7 Å². The molecule has 202 valence electrons. The molecule has 0 bridgehead atoms. The SMILES string of the molecule is CC1NCCC1Nc1nc(OCC23CCCN2CCC3)nc2c(F)c(-c3cccc4cccc(Cl)c34)ncc12. The summed E-state index contributed by atoms with van der Waals surface area (Å²) in [6.45, 7) is 5.79. The van der Waals surface area contributed by atoms with Crippen molar-refractivity contribution in [1.29, 1.82) is 0 Å². The molecule has 4 aromatic rings. The van der Waals surface area contributed by atoms with E-state index in [0.717, 1.165) is 49.7 Å². The van der Waals surface area contributed by atoms with E-state index in [1.165, 1.54) is 12.8 Å². The predicted molar refractivity (Wildman–Crippen MR) is 153 cm³/mol. The monoisotopic (exact) mass is 546 g/mol. The lowest BCUT2D eigenvalue weighted by atomic mass is 9.95. The molecule has 3 saturated heterocycles. The average molecular weight is 547 g/mol. The highest BCUT2D eigenvalue weighted by molar-refractivity contribution is 6.36. The molecule has 2 atom stereocenters. The molecule has 0 spiro atoms. The highest BCUT2D eigenvalue weighted by atomic mass is 35.5. The smallest absolute Gasteiger partial charge is 0.319 e. The maximum atomic E-state index is 16.4. The number of benzene rings is 2. The van der Waals surface area contributed by atoms with Gasteiger partial charge in [-0.05, 0) is 70.1 Å². The second-order valence-corrected chi connectivity index (χ2v) is 11.6. The summed E-state index contributed by atoms with van der Waals surface area (Å²) in [5.74, 6) is 0.0472. The largest absolute Gasteiger partial charge is 0.461 e. The third kappa shape index (κ3) is 4.29. The van der Waals surface area contributed by atoms with Crippen LogP contribution in [0.3, 0.4) is 0 Å². The van der Waals surface area contributed by atoms with Gasteiger partial charge in [0.1, 0.15) is 23.6 Å². The van der Waals surface area contributed by atoms with E-state index in [4.69, 9.17) is 21.3 Å². The Morgan fingerprint density at radius 2 is 1.95 bits per heavy atom. The van der Waals surface area contributed by atoms with Crippen molar-refractivity contribution in [2.24, 2.45) is 0 Å². The Labute approximate surface area is 232 Å². The van der Waals surface area contributed by atoms with Crippen LogP contribution in [-0.4, -0.2) is 63.7 Å². The lowest BCUT2D eigenvalue weighted by Crippen LogP contribution is -2.43. The number of hydrogen-bond donors (Lipinski definition) is 2. The number of aromatic nitrogens is 3. The first-order valence-electron chi connectivity index (χ1n) is 13.9. The molecule has 7 nitrogen and oxygen atoms in total. The Bertz CT molecular complexity index is 1550. The molecular formula is C30H32ClFN6O. The van der Waals surface area contributed by atoms with Gasteiger partial charge in [-0.2, -0.15) is 9.97 Å². The summed E-state index contributed by atoms with van der Waals surface area (Å²) in [6.07, 6.45) is 7.19.